The smallest absolute Gasteiger partial charge is 0.321 e. The maximum Gasteiger partial charge on any atom is 0.321 e. The minimum atomic E-state index is -1.07. The summed E-state index contributed by atoms with van der Waals surface area (Å²) >= 11 is 0. The fraction of sp³-hybridized carbons (Fsp3) is 0.833. The summed E-state index contributed by atoms with van der Waals surface area (Å²) in [6.07, 6.45) is 1.71. The number of carboxylic acid groups (broad SMARTS) is 2. The van der Waals surface area contributed by atoms with E-state index in [1.165, 1.54) is 0 Å². The summed E-state index contributed by atoms with van der Waals surface area (Å²) in [4.78, 5) is 25.5. The van der Waals surface area contributed by atoms with Gasteiger partial charge in [-0.15, -0.1) is 0 Å². The van der Waals surface area contributed by atoms with E-state index in [9.17, 15) is 9.59 Å². The van der Waals surface area contributed by atoms with Crippen LogP contribution in [0.3, 0.4) is 0 Å². The number of aliphatic carboxylic acids is 2. The summed E-state index contributed by atoms with van der Waals surface area (Å²) in [7, 11) is 3.76. The van der Waals surface area contributed by atoms with Gasteiger partial charge in [0, 0.05) is 6.54 Å². The standard InChI is InChI=1S/C12H22N2O4/c1-13-5-3-9(8-13)4-6-14(2)10(12(17)18)7-11(15)16/h9-10H,3-8H2,1-2H3,(H,15,16)(H,17,18). The fourth-order valence-electron chi connectivity index (χ4n) is 2.40. The quantitative estimate of drug-likeness (QED) is 0.678. The summed E-state index contributed by atoms with van der Waals surface area (Å²) in [5.41, 5.74) is 0. The molecule has 2 N–H and O–H groups in total. The minimum absolute atomic E-state index is 0.351. The zero-order valence-corrected chi connectivity index (χ0v) is 11.0. The van der Waals surface area contributed by atoms with Gasteiger partial charge >= 0.3 is 11.9 Å². The Kier molecular flexibility index (Phi) is 5.55. The zero-order chi connectivity index (χ0) is 13.7. The number of likely N-dealkylation sites (tertiary alicyclic amines) is 1. The van der Waals surface area contributed by atoms with Gasteiger partial charge < -0.3 is 15.1 Å². The number of hydrogen-bond acceptors (Lipinski definition) is 4. The van der Waals surface area contributed by atoms with Crippen molar-refractivity contribution in [3.8, 4) is 0 Å². The molecule has 0 saturated carbocycles. The molecule has 0 aromatic carbocycles. The van der Waals surface area contributed by atoms with E-state index in [4.69, 9.17) is 10.2 Å². The number of nitrogens with zero attached hydrogens (tertiary/aromatic N) is 2. The van der Waals surface area contributed by atoms with E-state index in [2.05, 4.69) is 11.9 Å². The van der Waals surface area contributed by atoms with Crippen molar-refractivity contribution in [3.63, 3.8) is 0 Å². The Hall–Kier alpha value is -1.14. The van der Waals surface area contributed by atoms with Crippen LogP contribution in [-0.4, -0.2) is 71.7 Å². The van der Waals surface area contributed by atoms with Crippen LogP contribution in [0.5, 0.6) is 0 Å². The van der Waals surface area contributed by atoms with Gasteiger partial charge in [0.15, 0.2) is 0 Å². The lowest BCUT2D eigenvalue weighted by atomic mass is 10.0. The number of carboxylic acids is 2. The van der Waals surface area contributed by atoms with Crippen molar-refractivity contribution in [3.05, 3.63) is 0 Å². The van der Waals surface area contributed by atoms with E-state index in [0.29, 0.717) is 12.5 Å². The molecule has 1 saturated heterocycles. The molecule has 6 heteroatoms. The van der Waals surface area contributed by atoms with Crippen LogP contribution in [-0.2, 0) is 9.59 Å². The molecule has 0 spiro atoms. The average Bonchev–Trinajstić information content (AvgIpc) is 2.68. The lowest BCUT2D eigenvalue weighted by Gasteiger charge is -2.24. The Bertz CT molecular complexity index is 308. The third-order valence-corrected chi connectivity index (χ3v) is 3.56. The normalized spacial score (nSPS) is 22.3. The van der Waals surface area contributed by atoms with E-state index < -0.39 is 18.0 Å². The van der Waals surface area contributed by atoms with Crippen molar-refractivity contribution in [2.24, 2.45) is 5.92 Å². The molecule has 0 aromatic rings. The highest BCUT2D eigenvalue weighted by Gasteiger charge is 2.27. The van der Waals surface area contributed by atoms with Gasteiger partial charge in [0.05, 0.1) is 6.42 Å². The number of carbonyl (C=O) groups is 2. The first-order valence-electron chi connectivity index (χ1n) is 6.23. The molecule has 18 heavy (non-hydrogen) atoms. The lowest BCUT2D eigenvalue weighted by molar-refractivity contribution is -0.149. The molecule has 0 aromatic heterocycles. The Balaban J connectivity index is 2.39. The second kappa shape index (κ2) is 6.70. The van der Waals surface area contributed by atoms with Crippen molar-refractivity contribution in [1.29, 1.82) is 0 Å². The summed E-state index contributed by atoms with van der Waals surface area (Å²) in [6.45, 7) is 2.76. The molecule has 1 fully saturated rings. The zero-order valence-electron chi connectivity index (χ0n) is 11.0. The highest BCUT2D eigenvalue weighted by molar-refractivity contribution is 5.80. The number of likely N-dealkylation sites (N-methyl/N-ethyl adjacent to an activating group) is 1. The van der Waals surface area contributed by atoms with E-state index in [0.717, 1.165) is 25.9 Å². The Morgan fingerprint density at radius 2 is 2.11 bits per heavy atom. The van der Waals surface area contributed by atoms with Gasteiger partial charge in [-0.1, -0.05) is 0 Å². The van der Waals surface area contributed by atoms with Crippen LogP contribution in [0.2, 0.25) is 0 Å². The van der Waals surface area contributed by atoms with Crippen molar-refractivity contribution in [2.75, 3.05) is 33.7 Å². The van der Waals surface area contributed by atoms with Gasteiger partial charge in [0.2, 0.25) is 0 Å². The van der Waals surface area contributed by atoms with Gasteiger partial charge in [-0.3, -0.25) is 14.5 Å². The molecule has 0 bridgehead atoms. The van der Waals surface area contributed by atoms with Crippen molar-refractivity contribution < 1.29 is 19.8 Å². The monoisotopic (exact) mass is 258 g/mol. The van der Waals surface area contributed by atoms with Gasteiger partial charge in [0.1, 0.15) is 6.04 Å². The third-order valence-electron chi connectivity index (χ3n) is 3.56. The summed E-state index contributed by atoms with van der Waals surface area (Å²) in [5.74, 6) is -1.55. The summed E-state index contributed by atoms with van der Waals surface area (Å²) in [6, 6.07) is -0.929. The average molecular weight is 258 g/mol. The molecule has 2 atom stereocenters. The molecule has 1 aliphatic heterocycles. The van der Waals surface area contributed by atoms with Crippen LogP contribution in [0.15, 0.2) is 0 Å². The molecule has 0 radical (unpaired) electrons. The second-order valence-electron chi connectivity index (χ2n) is 5.14. The summed E-state index contributed by atoms with van der Waals surface area (Å²) < 4.78 is 0. The number of rotatable bonds is 7. The van der Waals surface area contributed by atoms with Gasteiger partial charge in [-0.2, -0.15) is 0 Å². The highest BCUT2D eigenvalue weighted by atomic mass is 16.4. The first kappa shape index (κ1) is 14.9. The predicted molar refractivity (Wildman–Crippen MR) is 66.5 cm³/mol. The largest absolute Gasteiger partial charge is 0.481 e. The van der Waals surface area contributed by atoms with Gasteiger partial charge in [-0.25, -0.2) is 0 Å². The van der Waals surface area contributed by atoms with E-state index >= 15 is 0 Å². The molecule has 2 unspecified atom stereocenters. The molecule has 0 amide bonds. The van der Waals surface area contributed by atoms with Crippen molar-refractivity contribution in [2.45, 2.75) is 25.3 Å². The molecular weight excluding hydrogens is 236 g/mol. The van der Waals surface area contributed by atoms with Crippen LogP contribution in [0.1, 0.15) is 19.3 Å². The maximum atomic E-state index is 11.0. The predicted octanol–water partition coefficient (Wildman–Crippen LogP) is 0.188. The van der Waals surface area contributed by atoms with Gasteiger partial charge in [-0.05, 0) is 45.9 Å². The third kappa shape index (κ3) is 4.62. The number of hydrogen-bond donors (Lipinski definition) is 2. The SMILES string of the molecule is CN1CCC(CCN(C)C(CC(=O)O)C(=O)O)C1. The topological polar surface area (TPSA) is 81.1 Å². The van der Waals surface area contributed by atoms with Crippen molar-refractivity contribution >= 4 is 11.9 Å². The molecule has 104 valence electrons. The minimum Gasteiger partial charge on any atom is -0.481 e. The summed E-state index contributed by atoms with van der Waals surface area (Å²) in [5, 5.41) is 17.7. The fourth-order valence-corrected chi connectivity index (χ4v) is 2.40. The van der Waals surface area contributed by atoms with E-state index in [1.54, 1.807) is 11.9 Å². The maximum absolute atomic E-state index is 11.0. The molecular formula is C12H22N2O4. The van der Waals surface area contributed by atoms with E-state index in [1.807, 2.05) is 0 Å². The van der Waals surface area contributed by atoms with Crippen LogP contribution >= 0.6 is 0 Å². The molecule has 1 heterocycles. The van der Waals surface area contributed by atoms with Crippen LogP contribution < -0.4 is 0 Å². The van der Waals surface area contributed by atoms with Crippen LogP contribution in [0.4, 0.5) is 0 Å². The van der Waals surface area contributed by atoms with Crippen LogP contribution in [0.25, 0.3) is 0 Å². The second-order valence-corrected chi connectivity index (χ2v) is 5.14. The first-order valence-corrected chi connectivity index (χ1v) is 6.23. The van der Waals surface area contributed by atoms with Gasteiger partial charge in [0.25, 0.3) is 0 Å². The Morgan fingerprint density at radius 3 is 2.56 bits per heavy atom. The molecule has 0 aliphatic carbocycles. The molecule has 1 aliphatic rings. The molecule has 6 nitrogen and oxygen atoms in total. The molecule has 1 rings (SSSR count). The first-order chi connectivity index (χ1) is 8.40. The van der Waals surface area contributed by atoms with E-state index in [-0.39, 0.29) is 6.42 Å². The van der Waals surface area contributed by atoms with Crippen LogP contribution in [0, 0.1) is 5.92 Å². The van der Waals surface area contributed by atoms with Crippen molar-refractivity contribution in [1.82, 2.24) is 9.80 Å². The lowest BCUT2D eigenvalue weighted by Crippen LogP contribution is -2.41. The highest BCUT2D eigenvalue weighted by Crippen LogP contribution is 2.18. The Morgan fingerprint density at radius 1 is 1.44 bits per heavy atom. The Labute approximate surface area is 107 Å².